The number of oxime groups is 1. The Morgan fingerprint density at radius 3 is 2.57 bits per heavy atom. The number of likely N-dealkylation sites (tertiary alicyclic amines) is 2. The van der Waals surface area contributed by atoms with E-state index in [1.165, 1.54) is 15.9 Å². The van der Waals surface area contributed by atoms with E-state index < -0.39 is 54.1 Å². The van der Waals surface area contributed by atoms with Gasteiger partial charge in [0.25, 0.3) is 0 Å². The molecule has 5 atom stereocenters. The van der Waals surface area contributed by atoms with E-state index in [1.807, 2.05) is 30.3 Å². The fraction of sp³-hybridized carbons (Fsp3) is 0.548. The maximum absolute atomic E-state index is 14.5. The van der Waals surface area contributed by atoms with Crippen molar-refractivity contribution in [1.82, 2.24) is 19.8 Å². The highest BCUT2D eigenvalue weighted by Gasteiger charge is 2.42. The van der Waals surface area contributed by atoms with Crippen LogP contribution in [0.1, 0.15) is 64.8 Å². The lowest BCUT2D eigenvalue weighted by Gasteiger charge is -2.37. The fourth-order valence-electron chi connectivity index (χ4n) is 5.37. The number of benzene rings is 1. The van der Waals surface area contributed by atoms with Gasteiger partial charge in [-0.15, -0.1) is 0 Å². The second-order valence-corrected chi connectivity index (χ2v) is 12.2. The second kappa shape index (κ2) is 14.9. The third-order valence-electron chi connectivity index (χ3n) is 7.51. The van der Waals surface area contributed by atoms with Crippen LogP contribution in [0.2, 0.25) is 0 Å². The van der Waals surface area contributed by atoms with Crippen LogP contribution in [-0.2, 0) is 16.1 Å². The van der Waals surface area contributed by atoms with Gasteiger partial charge in [0, 0.05) is 25.8 Å². The molecule has 2 aliphatic heterocycles. The Balaban J connectivity index is 1.46. The first-order valence-corrected chi connectivity index (χ1v) is 15.0. The van der Waals surface area contributed by atoms with Crippen LogP contribution in [-0.4, -0.2) is 92.2 Å². The molecule has 1 aromatic heterocycles. The van der Waals surface area contributed by atoms with Crippen LogP contribution in [0.25, 0.3) is 0 Å². The Labute approximate surface area is 266 Å². The molecule has 14 nitrogen and oxygen atoms in total. The van der Waals surface area contributed by atoms with Gasteiger partial charge in [0.05, 0.1) is 37.2 Å². The predicted octanol–water partition coefficient (Wildman–Crippen LogP) is 4.15. The lowest BCUT2D eigenvalue weighted by molar-refractivity contribution is 0.0101. The summed E-state index contributed by atoms with van der Waals surface area (Å²) in [6, 6.07) is 11.7. The van der Waals surface area contributed by atoms with Crippen LogP contribution in [0, 0.1) is 11.3 Å². The minimum absolute atomic E-state index is 0.0129. The number of rotatable bonds is 9. The maximum atomic E-state index is 14.5. The van der Waals surface area contributed by atoms with Crippen molar-refractivity contribution in [1.29, 1.82) is 5.26 Å². The topological polar surface area (TPSA) is 186 Å². The summed E-state index contributed by atoms with van der Waals surface area (Å²) in [6.45, 7) is 7.10. The van der Waals surface area contributed by atoms with Gasteiger partial charge in [0.15, 0.2) is 0 Å². The van der Waals surface area contributed by atoms with Crippen LogP contribution in [0.5, 0.6) is 11.8 Å². The van der Waals surface area contributed by atoms with Gasteiger partial charge in [-0.2, -0.15) is 15.2 Å². The number of amides is 2. The van der Waals surface area contributed by atoms with Crippen molar-refractivity contribution in [2.45, 2.75) is 96.0 Å². The number of carbonyl (C=O) groups excluding carboxylic acids is 2. The van der Waals surface area contributed by atoms with Gasteiger partial charge < -0.3 is 34.8 Å². The molecule has 0 unspecified atom stereocenters. The molecular weight excluding hydrogens is 601 g/mol. The normalized spacial score (nSPS) is 22.5. The van der Waals surface area contributed by atoms with E-state index in [-0.39, 0.29) is 50.1 Å². The number of hydrogen-bond acceptors (Lipinski definition) is 11. The Kier molecular flexibility index (Phi) is 11.0. The average Bonchev–Trinajstić information content (AvgIpc) is 3.41. The lowest BCUT2D eigenvalue weighted by Crippen LogP contribution is -2.49. The Bertz CT molecular complexity index is 1430. The highest BCUT2D eigenvalue weighted by Crippen LogP contribution is 2.30. The number of alkyl halides is 1. The van der Waals surface area contributed by atoms with Crippen LogP contribution >= 0.6 is 0 Å². The molecule has 0 saturated carbocycles. The van der Waals surface area contributed by atoms with Crippen LogP contribution in [0.15, 0.2) is 41.6 Å². The zero-order chi connectivity index (χ0) is 33.4. The number of halogens is 1. The number of carbonyl (C=O) groups is 2. The number of ether oxygens (including phenoxy) is 4. The quantitative estimate of drug-likeness (QED) is 0.173. The molecule has 0 spiro atoms. The van der Waals surface area contributed by atoms with Gasteiger partial charge in [0.2, 0.25) is 23.4 Å². The zero-order valence-electron chi connectivity index (χ0n) is 26.3. The number of nitrogens with zero attached hydrogens (tertiary/aromatic N) is 6. The first-order chi connectivity index (χ1) is 21.9. The van der Waals surface area contributed by atoms with Crippen molar-refractivity contribution in [3.8, 4) is 17.8 Å². The van der Waals surface area contributed by atoms with Crippen molar-refractivity contribution in [2.75, 3.05) is 13.1 Å². The van der Waals surface area contributed by atoms with E-state index in [9.17, 15) is 24.4 Å². The van der Waals surface area contributed by atoms with Crippen molar-refractivity contribution >= 4 is 18.0 Å². The van der Waals surface area contributed by atoms with Gasteiger partial charge in [-0.25, -0.2) is 14.0 Å². The van der Waals surface area contributed by atoms with Crippen LogP contribution < -0.4 is 15.2 Å². The molecule has 3 heterocycles. The molecule has 4 rings (SSSR count). The SMILES string of the molecule is C[C@H](Oc1cc(O[C@H]2CCN(C(=O)OCc3ccccc3)[C@H](CC#N)C2)nc(C(N)=NO)n1)[C@@H]1C[C@@H](F)CN1C(=O)OC(C)(C)C. The molecular formula is C31H40FN7O7. The largest absolute Gasteiger partial charge is 0.474 e. The summed E-state index contributed by atoms with van der Waals surface area (Å²) >= 11 is 0. The molecule has 0 radical (unpaired) electrons. The first-order valence-electron chi connectivity index (χ1n) is 15.0. The summed E-state index contributed by atoms with van der Waals surface area (Å²) in [7, 11) is 0. The first kappa shape index (κ1) is 34.0. The highest BCUT2D eigenvalue weighted by atomic mass is 19.1. The number of piperidine rings is 1. The maximum Gasteiger partial charge on any atom is 0.410 e. The summed E-state index contributed by atoms with van der Waals surface area (Å²) in [5, 5.41) is 21.7. The molecule has 0 bridgehead atoms. The minimum atomic E-state index is -1.26. The lowest BCUT2D eigenvalue weighted by atomic mass is 9.97. The van der Waals surface area contributed by atoms with Gasteiger partial charge in [-0.1, -0.05) is 35.5 Å². The van der Waals surface area contributed by atoms with E-state index in [4.69, 9.17) is 24.7 Å². The molecule has 15 heteroatoms. The number of aromatic nitrogens is 2. The Morgan fingerprint density at radius 2 is 1.89 bits per heavy atom. The summed E-state index contributed by atoms with van der Waals surface area (Å²) < 4.78 is 37.6. The predicted molar refractivity (Wildman–Crippen MR) is 162 cm³/mol. The zero-order valence-corrected chi connectivity index (χ0v) is 26.3. The smallest absolute Gasteiger partial charge is 0.410 e. The number of amidine groups is 1. The highest BCUT2D eigenvalue weighted by molar-refractivity contribution is 5.93. The summed E-state index contributed by atoms with van der Waals surface area (Å²) in [5.41, 5.74) is 5.87. The van der Waals surface area contributed by atoms with Crippen molar-refractivity contribution in [3.05, 3.63) is 47.8 Å². The molecule has 2 amide bonds. The van der Waals surface area contributed by atoms with Crippen LogP contribution in [0.3, 0.4) is 0 Å². The third kappa shape index (κ3) is 9.09. The van der Waals surface area contributed by atoms with Gasteiger partial charge in [0.1, 0.15) is 30.6 Å². The van der Waals surface area contributed by atoms with Gasteiger partial charge in [-0.05, 0) is 33.3 Å². The fourth-order valence-corrected chi connectivity index (χ4v) is 5.37. The monoisotopic (exact) mass is 641 g/mol. The standard InChI is InChI=1S/C31H40FN7O7/c1-19(24-14-21(32)17-39(24)30(41)46-31(2,3)4)44-25-16-26(36-28(35-25)27(34)37-42)45-23-11-13-38(22(15-23)10-12-33)29(40)43-18-20-8-6-5-7-9-20/h5-9,16,19,21-24,42H,10-11,13-15,17-18H2,1-4H3,(H2,34,37)/t19-,21+,22+,23-,24-/m0/s1. The molecule has 2 aliphatic rings. The molecule has 2 aromatic rings. The average molecular weight is 642 g/mol. The van der Waals surface area contributed by atoms with E-state index in [0.29, 0.717) is 12.8 Å². The minimum Gasteiger partial charge on any atom is -0.474 e. The molecule has 2 fully saturated rings. The molecule has 248 valence electrons. The summed E-state index contributed by atoms with van der Waals surface area (Å²) in [4.78, 5) is 37.0. The number of hydrogen-bond donors (Lipinski definition) is 2. The van der Waals surface area contributed by atoms with Crippen LogP contribution in [0.4, 0.5) is 14.0 Å². The second-order valence-electron chi connectivity index (χ2n) is 12.2. The van der Waals surface area contributed by atoms with Crippen molar-refractivity contribution < 1.29 is 38.1 Å². The Hall–Kier alpha value is -4.87. The number of nitriles is 1. The molecule has 1 aromatic carbocycles. The van der Waals surface area contributed by atoms with E-state index >= 15 is 0 Å². The summed E-state index contributed by atoms with van der Waals surface area (Å²) in [6.07, 6.45) is -2.81. The molecule has 46 heavy (non-hydrogen) atoms. The third-order valence-corrected chi connectivity index (χ3v) is 7.51. The molecule has 2 saturated heterocycles. The van der Waals surface area contributed by atoms with Gasteiger partial charge in [-0.3, -0.25) is 4.90 Å². The molecule has 0 aliphatic carbocycles. The summed E-state index contributed by atoms with van der Waals surface area (Å²) in [5.74, 6) is -0.558. The van der Waals surface area contributed by atoms with E-state index in [2.05, 4.69) is 21.2 Å². The molecule has 3 N–H and O–H groups in total. The van der Waals surface area contributed by atoms with Gasteiger partial charge >= 0.3 is 12.2 Å². The van der Waals surface area contributed by atoms with E-state index in [0.717, 1.165) is 5.56 Å². The van der Waals surface area contributed by atoms with Crippen molar-refractivity contribution in [2.24, 2.45) is 10.9 Å². The van der Waals surface area contributed by atoms with E-state index in [1.54, 1.807) is 27.7 Å². The van der Waals surface area contributed by atoms with Crippen molar-refractivity contribution in [3.63, 3.8) is 0 Å². The number of nitrogens with two attached hydrogens (primary N) is 1. The Morgan fingerprint density at radius 1 is 1.17 bits per heavy atom.